The van der Waals surface area contributed by atoms with Gasteiger partial charge >= 0.3 is 0 Å². The second-order valence-electron chi connectivity index (χ2n) is 6.61. The fourth-order valence-electron chi connectivity index (χ4n) is 3.51. The summed E-state index contributed by atoms with van der Waals surface area (Å²) < 4.78 is 18.1. The van der Waals surface area contributed by atoms with Gasteiger partial charge in [-0.25, -0.2) is 4.98 Å². The fraction of sp³-hybridized carbons (Fsp3) is 0.130. The Bertz CT molecular complexity index is 1250. The summed E-state index contributed by atoms with van der Waals surface area (Å²) in [6, 6.07) is 14.9. The first-order valence-corrected chi connectivity index (χ1v) is 9.24. The molecule has 0 bridgehead atoms. The normalized spacial score (nSPS) is 10.8. The summed E-state index contributed by atoms with van der Waals surface area (Å²) in [6.07, 6.45) is 3.62. The number of nitrogens with zero attached hydrogens (tertiary/aromatic N) is 2. The van der Waals surface area contributed by atoms with Crippen molar-refractivity contribution in [1.82, 2.24) is 9.38 Å². The van der Waals surface area contributed by atoms with Crippen LogP contribution in [0.15, 0.2) is 60.9 Å². The Morgan fingerprint density at radius 2 is 1.63 bits per heavy atom. The number of ether oxygens (including phenoxy) is 3. The third kappa shape index (κ3) is 3.20. The molecule has 152 valence electrons. The van der Waals surface area contributed by atoms with Gasteiger partial charge in [-0.1, -0.05) is 18.2 Å². The van der Waals surface area contributed by atoms with Crippen molar-refractivity contribution in [3.63, 3.8) is 0 Å². The molecule has 2 heterocycles. The lowest BCUT2D eigenvalue weighted by molar-refractivity contribution is 0.100. The molecule has 7 nitrogen and oxygen atoms in total. The number of rotatable bonds is 6. The van der Waals surface area contributed by atoms with Gasteiger partial charge in [0.05, 0.1) is 38.8 Å². The quantitative estimate of drug-likeness (QED) is 0.529. The maximum atomic E-state index is 12.2. The van der Waals surface area contributed by atoms with Crippen molar-refractivity contribution < 1.29 is 19.0 Å². The Morgan fingerprint density at radius 3 is 2.33 bits per heavy atom. The number of carbonyl (C=O) groups excluding carboxylic acids is 1. The van der Waals surface area contributed by atoms with E-state index < -0.39 is 5.91 Å². The highest BCUT2D eigenvalue weighted by atomic mass is 16.5. The van der Waals surface area contributed by atoms with Crippen molar-refractivity contribution in [2.24, 2.45) is 5.73 Å². The van der Waals surface area contributed by atoms with Gasteiger partial charge in [0.1, 0.15) is 11.4 Å². The topological polar surface area (TPSA) is 88.1 Å². The van der Waals surface area contributed by atoms with Crippen molar-refractivity contribution in [3.05, 3.63) is 66.5 Å². The lowest BCUT2D eigenvalue weighted by atomic mass is 10.0. The number of imidazole rings is 1. The molecule has 4 aromatic rings. The van der Waals surface area contributed by atoms with Gasteiger partial charge in [0.25, 0.3) is 5.91 Å². The first-order valence-electron chi connectivity index (χ1n) is 9.24. The predicted molar refractivity (Wildman–Crippen MR) is 114 cm³/mol. The smallest absolute Gasteiger partial charge is 0.252 e. The molecule has 0 aliphatic rings. The number of hydrogen-bond donors (Lipinski definition) is 1. The summed E-state index contributed by atoms with van der Waals surface area (Å²) in [5, 5.41) is 0. The monoisotopic (exact) mass is 403 g/mol. The number of benzene rings is 2. The third-order valence-electron chi connectivity index (χ3n) is 4.97. The number of fused-ring (bicyclic) bond motifs is 1. The van der Waals surface area contributed by atoms with E-state index in [0.29, 0.717) is 28.5 Å². The van der Waals surface area contributed by atoms with Crippen molar-refractivity contribution in [3.8, 4) is 39.6 Å². The summed E-state index contributed by atoms with van der Waals surface area (Å²) in [7, 11) is 4.78. The molecular weight excluding hydrogens is 382 g/mol. The van der Waals surface area contributed by atoms with Crippen molar-refractivity contribution in [2.45, 2.75) is 0 Å². The number of hydrogen-bond acceptors (Lipinski definition) is 5. The molecule has 0 fully saturated rings. The van der Waals surface area contributed by atoms with Crippen LogP contribution in [0, 0.1) is 0 Å². The van der Waals surface area contributed by atoms with Gasteiger partial charge in [-0.15, -0.1) is 0 Å². The molecule has 7 heteroatoms. The van der Waals surface area contributed by atoms with E-state index in [0.717, 1.165) is 22.4 Å². The Labute approximate surface area is 173 Å². The first-order chi connectivity index (χ1) is 14.6. The van der Waals surface area contributed by atoms with Gasteiger partial charge in [0, 0.05) is 22.9 Å². The zero-order valence-corrected chi connectivity index (χ0v) is 16.9. The highest BCUT2D eigenvalue weighted by Crippen LogP contribution is 2.35. The van der Waals surface area contributed by atoms with E-state index in [1.54, 1.807) is 33.6 Å². The van der Waals surface area contributed by atoms with Crippen LogP contribution in [-0.2, 0) is 0 Å². The van der Waals surface area contributed by atoms with Crippen LogP contribution in [0.2, 0.25) is 0 Å². The molecule has 30 heavy (non-hydrogen) atoms. The lowest BCUT2D eigenvalue weighted by Gasteiger charge is -2.13. The van der Waals surface area contributed by atoms with Crippen LogP contribution in [0.3, 0.4) is 0 Å². The number of aromatic nitrogens is 2. The van der Waals surface area contributed by atoms with E-state index in [-0.39, 0.29) is 0 Å². The molecular formula is C23H21N3O4. The minimum atomic E-state index is -0.554. The number of amides is 1. The van der Waals surface area contributed by atoms with Crippen LogP contribution < -0.4 is 19.9 Å². The van der Waals surface area contributed by atoms with Crippen molar-refractivity contribution >= 4 is 11.6 Å². The molecule has 0 spiro atoms. The molecule has 0 saturated heterocycles. The second-order valence-corrected chi connectivity index (χ2v) is 6.61. The molecule has 2 aromatic heterocycles. The number of para-hydroxylation sites is 1. The maximum absolute atomic E-state index is 12.2. The molecule has 0 saturated carbocycles. The Kier molecular flexibility index (Phi) is 5.02. The van der Waals surface area contributed by atoms with Crippen LogP contribution in [-0.4, -0.2) is 36.6 Å². The van der Waals surface area contributed by atoms with E-state index >= 15 is 0 Å². The van der Waals surface area contributed by atoms with Gasteiger partial charge in [-0.3, -0.25) is 9.20 Å². The van der Waals surface area contributed by atoms with Gasteiger partial charge < -0.3 is 19.9 Å². The fourth-order valence-corrected chi connectivity index (χ4v) is 3.51. The van der Waals surface area contributed by atoms with Crippen LogP contribution in [0.1, 0.15) is 10.4 Å². The van der Waals surface area contributed by atoms with Gasteiger partial charge in [-0.2, -0.15) is 0 Å². The van der Waals surface area contributed by atoms with E-state index in [1.165, 1.54) is 0 Å². The maximum Gasteiger partial charge on any atom is 0.252 e. The highest BCUT2D eigenvalue weighted by molar-refractivity contribution is 6.00. The van der Waals surface area contributed by atoms with Gasteiger partial charge in [-0.05, 0) is 30.3 Å². The average molecular weight is 403 g/mol. The van der Waals surface area contributed by atoms with Crippen LogP contribution in [0.25, 0.3) is 28.0 Å². The predicted octanol–water partition coefficient (Wildman–Crippen LogP) is 3.79. The molecule has 4 rings (SSSR count). The standard InChI is InChI=1S/C23H21N3O4/c1-28-19-7-5-4-6-16(19)15-10-17(22(24)27)23-25-12-18(26(23)13-15)14-8-9-20(29-2)21(11-14)30-3/h4-13H,1-3H3,(H2,24,27). The Morgan fingerprint density at radius 1 is 0.900 bits per heavy atom. The molecule has 1 amide bonds. The van der Waals surface area contributed by atoms with E-state index in [9.17, 15) is 4.79 Å². The second kappa shape index (κ2) is 7.79. The lowest BCUT2D eigenvalue weighted by Crippen LogP contribution is -2.13. The average Bonchev–Trinajstić information content (AvgIpc) is 3.21. The molecule has 2 N–H and O–H groups in total. The zero-order chi connectivity index (χ0) is 21.3. The summed E-state index contributed by atoms with van der Waals surface area (Å²) >= 11 is 0. The minimum Gasteiger partial charge on any atom is -0.496 e. The summed E-state index contributed by atoms with van der Waals surface area (Å²) in [4.78, 5) is 16.6. The molecule has 2 aromatic carbocycles. The van der Waals surface area contributed by atoms with Crippen LogP contribution in [0.5, 0.6) is 17.2 Å². The minimum absolute atomic E-state index is 0.324. The molecule has 0 radical (unpaired) electrons. The number of primary amides is 1. The Hall–Kier alpha value is -4.00. The van der Waals surface area contributed by atoms with Crippen LogP contribution >= 0.6 is 0 Å². The summed E-state index contributed by atoms with van der Waals surface area (Å²) in [5.74, 6) is 1.37. The van der Waals surface area contributed by atoms with Crippen molar-refractivity contribution in [1.29, 1.82) is 0 Å². The molecule has 0 atom stereocenters. The summed E-state index contributed by atoms with van der Waals surface area (Å²) in [5.41, 5.74) is 9.74. The number of pyridine rings is 1. The summed E-state index contributed by atoms with van der Waals surface area (Å²) in [6.45, 7) is 0. The highest BCUT2D eigenvalue weighted by Gasteiger charge is 2.17. The molecule has 0 unspecified atom stereocenters. The number of methoxy groups -OCH3 is 3. The van der Waals surface area contributed by atoms with E-state index in [2.05, 4.69) is 4.98 Å². The first kappa shape index (κ1) is 19.3. The molecule has 0 aliphatic carbocycles. The van der Waals surface area contributed by atoms with Gasteiger partial charge in [0.2, 0.25) is 0 Å². The van der Waals surface area contributed by atoms with Crippen LogP contribution in [0.4, 0.5) is 0 Å². The largest absolute Gasteiger partial charge is 0.496 e. The van der Waals surface area contributed by atoms with E-state index in [1.807, 2.05) is 53.1 Å². The molecule has 0 aliphatic heterocycles. The van der Waals surface area contributed by atoms with Gasteiger partial charge in [0.15, 0.2) is 11.5 Å². The number of nitrogens with two attached hydrogens (primary N) is 1. The zero-order valence-electron chi connectivity index (χ0n) is 16.9. The SMILES string of the molecule is COc1ccc(-c2cnc3c(C(N)=O)cc(-c4ccccc4OC)cn23)cc1OC. The third-order valence-corrected chi connectivity index (χ3v) is 4.97. The van der Waals surface area contributed by atoms with Crippen molar-refractivity contribution in [2.75, 3.05) is 21.3 Å². The Balaban J connectivity index is 1.98. The number of carbonyl (C=O) groups is 1. The van der Waals surface area contributed by atoms with E-state index in [4.69, 9.17) is 19.9 Å².